The Morgan fingerprint density at radius 2 is 1.92 bits per heavy atom. The van der Waals surface area contributed by atoms with Crippen LogP contribution in [0.15, 0.2) is 37.1 Å². The van der Waals surface area contributed by atoms with E-state index in [1.807, 2.05) is 39.0 Å². The zero-order chi connectivity index (χ0) is 26.6. The Bertz CT molecular complexity index is 1170. The van der Waals surface area contributed by atoms with Crippen molar-refractivity contribution in [1.82, 2.24) is 19.8 Å². The minimum absolute atomic E-state index is 0.0955. The average Bonchev–Trinajstić information content (AvgIpc) is 3.07. The molecule has 10 heteroatoms. The van der Waals surface area contributed by atoms with Crippen LogP contribution in [0.1, 0.15) is 44.7 Å². The lowest BCUT2D eigenvalue weighted by Gasteiger charge is -2.32. The first kappa shape index (κ1) is 26.4. The fourth-order valence-electron chi connectivity index (χ4n) is 4.59. The molecule has 2 aliphatic heterocycles. The molecule has 198 valence electrons. The number of nitrogens with zero attached hydrogens (tertiary/aromatic N) is 4. The Morgan fingerprint density at radius 3 is 2.65 bits per heavy atom. The van der Waals surface area contributed by atoms with E-state index in [2.05, 4.69) is 27.2 Å². The van der Waals surface area contributed by atoms with Gasteiger partial charge in [0.25, 0.3) is 0 Å². The number of rotatable bonds is 5. The zero-order valence-corrected chi connectivity index (χ0v) is 21.7. The Labute approximate surface area is 217 Å². The summed E-state index contributed by atoms with van der Waals surface area (Å²) in [5.41, 5.74) is 2.55. The van der Waals surface area contributed by atoms with Crippen LogP contribution in [0, 0.1) is 5.82 Å². The fourth-order valence-corrected chi connectivity index (χ4v) is 4.59. The van der Waals surface area contributed by atoms with Gasteiger partial charge < -0.3 is 25.2 Å². The Hall–Kier alpha value is -3.69. The molecule has 2 aliphatic rings. The van der Waals surface area contributed by atoms with E-state index in [4.69, 9.17) is 4.74 Å². The molecule has 1 aromatic carbocycles. The van der Waals surface area contributed by atoms with E-state index in [9.17, 15) is 14.0 Å². The lowest BCUT2D eigenvalue weighted by atomic mass is 10.0. The van der Waals surface area contributed by atoms with E-state index in [1.165, 1.54) is 11.6 Å². The normalized spacial score (nSPS) is 17.9. The van der Waals surface area contributed by atoms with Gasteiger partial charge in [-0.2, -0.15) is 4.98 Å². The average molecular weight is 511 g/mol. The van der Waals surface area contributed by atoms with Crippen LogP contribution in [0.5, 0.6) is 0 Å². The molecule has 0 spiro atoms. The monoisotopic (exact) mass is 510 g/mol. The highest BCUT2D eigenvalue weighted by atomic mass is 19.1. The van der Waals surface area contributed by atoms with Gasteiger partial charge in [0, 0.05) is 37.9 Å². The topological polar surface area (TPSA) is 99.7 Å². The molecule has 1 unspecified atom stereocenters. The van der Waals surface area contributed by atoms with Crippen LogP contribution in [0.25, 0.3) is 0 Å². The van der Waals surface area contributed by atoms with Gasteiger partial charge in [-0.15, -0.1) is 0 Å². The number of anilines is 3. The van der Waals surface area contributed by atoms with E-state index in [0.717, 1.165) is 36.7 Å². The molecule has 0 radical (unpaired) electrons. The van der Waals surface area contributed by atoms with Crippen LogP contribution in [0.3, 0.4) is 0 Å². The number of ether oxygens (including phenoxy) is 1. The summed E-state index contributed by atoms with van der Waals surface area (Å²) in [5, 5.41) is 6.30. The molecule has 1 fully saturated rings. The third-order valence-electron chi connectivity index (χ3n) is 6.41. The summed E-state index contributed by atoms with van der Waals surface area (Å²) >= 11 is 0. The van der Waals surface area contributed by atoms with Crippen molar-refractivity contribution in [2.75, 3.05) is 36.8 Å². The summed E-state index contributed by atoms with van der Waals surface area (Å²) in [6, 6.07) is 5.87. The van der Waals surface area contributed by atoms with E-state index in [0.29, 0.717) is 32.6 Å². The summed E-state index contributed by atoms with van der Waals surface area (Å²) in [6.45, 7) is 11.4. The number of nitrogens with one attached hydrogen (secondary N) is 2. The van der Waals surface area contributed by atoms with Crippen LogP contribution in [0.4, 0.5) is 26.6 Å². The van der Waals surface area contributed by atoms with Gasteiger partial charge in [0.15, 0.2) is 11.6 Å². The van der Waals surface area contributed by atoms with Gasteiger partial charge in [-0.25, -0.2) is 14.2 Å². The van der Waals surface area contributed by atoms with Crippen molar-refractivity contribution in [1.29, 1.82) is 0 Å². The van der Waals surface area contributed by atoms with Crippen molar-refractivity contribution in [2.45, 2.75) is 58.1 Å². The van der Waals surface area contributed by atoms with E-state index in [-0.39, 0.29) is 29.8 Å². The minimum atomic E-state index is -0.554. The molecule has 0 aliphatic carbocycles. The van der Waals surface area contributed by atoms with Gasteiger partial charge in [-0.05, 0) is 75.8 Å². The predicted octanol–water partition coefficient (Wildman–Crippen LogP) is 4.28. The summed E-state index contributed by atoms with van der Waals surface area (Å²) in [7, 11) is 0. The maximum absolute atomic E-state index is 14.5. The quantitative estimate of drug-likeness (QED) is 0.579. The van der Waals surface area contributed by atoms with Crippen molar-refractivity contribution in [3.05, 3.63) is 54.0 Å². The number of hydrogen-bond donors (Lipinski definition) is 2. The number of amides is 2. The Balaban J connectivity index is 1.41. The number of fused-ring (bicyclic) bond motifs is 1. The first-order chi connectivity index (χ1) is 17.6. The number of aromatic nitrogens is 2. The van der Waals surface area contributed by atoms with Gasteiger partial charge in [-0.3, -0.25) is 4.79 Å². The molecule has 2 aromatic rings. The molecule has 9 nitrogen and oxygen atoms in total. The Morgan fingerprint density at radius 1 is 1.16 bits per heavy atom. The lowest BCUT2D eigenvalue weighted by molar-refractivity contribution is -0.127. The van der Waals surface area contributed by atoms with Crippen molar-refractivity contribution in [2.24, 2.45) is 0 Å². The molecular formula is C27H35FN6O3. The van der Waals surface area contributed by atoms with Gasteiger partial charge in [0.05, 0.1) is 6.20 Å². The molecule has 4 rings (SSSR count). The lowest BCUT2D eigenvalue weighted by Crippen LogP contribution is -2.44. The number of halogens is 1. The summed E-state index contributed by atoms with van der Waals surface area (Å²) in [6.07, 6.45) is 5.19. The van der Waals surface area contributed by atoms with Gasteiger partial charge in [0.2, 0.25) is 11.9 Å². The van der Waals surface area contributed by atoms with E-state index < -0.39 is 11.4 Å². The first-order valence-electron chi connectivity index (χ1n) is 12.7. The molecule has 2 amide bonds. The Kier molecular flexibility index (Phi) is 7.94. The van der Waals surface area contributed by atoms with Crippen LogP contribution in [0.2, 0.25) is 0 Å². The number of carbonyl (C=O) groups is 2. The second-order valence-electron chi connectivity index (χ2n) is 10.4. The first-order valence-corrected chi connectivity index (χ1v) is 12.7. The van der Waals surface area contributed by atoms with Crippen molar-refractivity contribution >= 4 is 29.5 Å². The number of carbonyl (C=O) groups excluding carboxylic acids is 2. The third kappa shape index (κ3) is 6.96. The van der Waals surface area contributed by atoms with Gasteiger partial charge >= 0.3 is 6.09 Å². The molecule has 0 bridgehead atoms. The molecule has 37 heavy (non-hydrogen) atoms. The van der Waals surface area contributed by atoms with Crippen molar-refractivity contribution < 1.29 is 18.7 Å². The smallest absolute Gasteiger partial charge is 0.410 e. The predicted molar refractivity (Wildman–Crippen MR) is 140 cm³/mol. The summed E-state index contributed by atoms with van der Waals surface area (Å²) in [4.78, 5) is 36.4. The highest BCUT2D eigenvalue weighted by Gasteiger charge is 2.25. The zero-order valence-electron chi connectivity index (χ0n) is 21.7. The molecule has 1 atom stereocenters. The minimum Gasteiger partial charge on any atom is -0.444 e. The second kappa shape index (κ2) is 11.1. The fraction of sp³-hybridized carbons (Fsp3) is 0.481. The maximum Gasteiger partial charge on any atom is 0.410 e. The summed E-state index contributed by atoms with van der Waals surface area (Å²) in [5.74, 6) is -0.322. The van der Waals surface area contributed by atoms with E-state index >= 15 is 0 Å². The van der Waals surface area contributed by atoms with Crippen molar-refractivity contribution in [3.8, 4) is 0 Å². The maximum atomic E-state index is 14.5. The standard InChI is InChI=1S/C27H35FN6O3/c1-5-23(35)34-12-6-7-21(17-34)30-24-22(28)16-29-25(32-24)31-20-9-8-18-10-13-33(14-11-19(18)15-20)26(36)37-27(2,3)4/h5,8-9,15-16,21H,1,6-7,10-14,17H2,2-4H3,(H2,29,30,31,32). The molecule has 0 saturated carbocycles. The number of benzene rings is 1. The van der Waals surface area contributed by atoms with Gasteiger partial charge in [-0.1, -0.05) is 12.6 Å². The molecule has 1 aromatic heterocycles. The van der Waals surface area contributed by atoms with Crippen LogP contribution in [-0.4, -0.2) is 69.6 Å². The van der Waals surface area contributed by atoms with Crippen LogP contribution in [-0.2, 0) is 22.4 Å². The molecule has 1 saturated heterocycles. The molecular weight excluding hydrogens is 475 g/mol. The SMILES string of the molecule is C=CC(=O)N1CCCC(Nc2nc(Nc3ccc4c(c3)CCN(C(=O)OC(C)(C)C)CC4)ncc2F)C1. The second-order valence-corrected chi connectivity index (χ2v) is 10.4. The summed E-state index contributed by atoms with van der Waals surface area (Å²) < 4.78 is 20.0. The third-order valence-corrected chi connectivity index (χ3v) is 6.41. The molecule has 2 N–H and O–H groups in total. The molecule has 3 heterocycles. The van der Waals surface area contributed by atoms with Crippen molar-refractivity contribution in [3.63, 3.8) is 0 Å². The number of piperidine rings is 1. The number of likely N-dealkylation sites (tertiary alicyclic amines) is 1. The highest BCUT2D eigenvalue weighted by molar-refractivity contribution is 5.87. The highest BCUT2D eigenvalue weighted by Crippen LogP contribution is 2.24. The van der Waals surface area contributed by atoms with Crippen LogP contribution >= 0.6 is 0 Å². The van der Waals surface area contributed by atoms with Gasteiger partial charge in [0.1, 0.15) is 5.60 Å². The van der Waals surface area contributed by atoms with E-state index in [1.54, 1.807) is 9.80 Å². The largest absolute Gasteiger partial charge is 0.444 e. The van der Waals surface area contributed by atoms with Crippen LogP contribution < -0.4 is 10.6 Å². The number of hydrogen-bond acceptors (Lipinski definition) is 7.